The number of hydrogen-bond donors (Lipinski definition) is 2. The number of carboxylic acids is 1. The zero-order chi connectivity index (χ0) is 18.9. The van der Waals surface area contributed by atoms with Crippen molar-refractivity contribution in [1.82, 2.24) is 5.32 Å². The van der Waals surface area contributed by atoms with Gasteiger partial charge in [0.2, 0.25) is 0 Å². The minimum atomic E-state index is -0.861. The largest absolute Gasteiger partial charge is 0.489 e. The first kappa shape index (κ1) is 20.6. The number of rotatable bonds is 10. The third-order valence-electron chi connectivity index (χ3n) is 3.80. The highest BCUT2D eigenvalue weighted by molar-refractivity contribution is 7.98. The Morgan fingerprint density at radius 1 is 1.35 bits per heavy atom. The Labute approximate surface area is 161 Å². The van der Waals surface area contributed by atoms with Crippen LogP contribution in [0.25, 0.3) is 0 Å². The summed E-state index contributed by atoms with van der Waals surface area (Å²) in [5, 5.41) is 12.6. The lowest BCUT2D eigenvalue weighted by atomic mass is 10.1. The second-order valence-electron chi connectivity index (χ2n) is 5.69. The van der Waals surface area contributed by atoms with Crippen molar-refractivity contribution in [3.05, 3.63) is 64.4 Å². The fourth-order valence-corrected chi connectivity index (χ4v) is 3.05. The summed E-state index contributed by atoms with van der Waals surface area (Å²) in [4.78, 5) is 11.3. The van der Waals surface area contributed by atoms with Gasteiger partial charge in [-0.25, -0.2) is 4.39 Å². The van der Waals surface area contributed by atoms with Gasteiger partial charge in [0.05, 0.1) is 5.02 Å². The molecule has 0 radical (unpaired) electrons. The lowest BCUT2D eigenvalue weighted by molar-refractivity contribution is -0.139. The molecule has 0 fully saturated rings. The van der Waals surface area contributed by atoms with Crippen LogP contribution in [-0.2, 0) is 17.9 Å². The molecule has 0 aliphatic heterocycles. The highest BCUT2D eigenvalue weighted by atomic mass is 35.5. The summed E-state index contributed by atoms with van der Waals surface area (Å²) in [6.07, 6.45) is 2.50. The number of ether oxygens (including phenoxy) is 1. The Hall–Kier alpha value is -1.76. The summed E-state index contributed by atoms with van der Waals surface area (Å²) in [7, 11) is 0. The smallest absolute Gasteiger partial charge is 0.320 e. The molecule has 2 rings (SSSR count). The van der Waals surface area contributed by atoms with Gasteiger partial charge >= 0.3 is 5.97 Å². The molecule has 0 amide bonds. The second-order valence-corrected chi connectivity index (χ2v) is 7.08. The lowest BCUT2D eigenvalue weighted by Crippen LogP contribution is -2.36. The average Bonchev–Trinajstić information content (AvgIpc) is 2.61. The van der Waals surface area contributed by atoms with Crippen LogP contribution in [0.1, 0.15) is 17.5 Å². The van der Waals surface area contributed by atoms with Crippen molar-refractivity contribution in [2.24, 2.45) is 0 Å². The third kappa shape index (κ3) is 6.20. The average molecular weight is 398 g/mol. The Balaban J connectivity index is 1.96. The topological polar surface area (TPSA) is 58.6 Å². The minimum absolute atomic E-state index is 0.0217. The molecule has 7 heteroatoms. The maximum atomic E-state index is 13.8. The summed E-state index contributed by atoms with van der Waals surface area (Å²) >= 11 is 7.61. The van der Waals surface area contributed by atoms with Crippen molar-refractivity contribution in [1.29, 1.82) is 0 Å². The van der Waals surface area contributed by atoms with E-state index < -0.39 is 17.8 Å². The highest BCUT2D eigenvalue weighted by Crippen LogP contribution is 2.22. The van der Waals surface area contributed by atoms with Gasteiger partial charge in [-0.05, 0) is 48.3 Å². The maximum Gasteiger partial charge on any atom is 0.320 e. The number of hydrogen-bond acceptors (Lipinski definition) is 4. The van der Waals surface area contributed by atoms with E-state index in [4.69, 9.17) is 16.3 Å². The van der Waals surface area contributed by atoms with Gasteiger partial charge in [-0.3, -0.25) is 4.79 Å². The molecule has 4 nitrogen and oxygen atoms in total. The molecule has 2 aromatic carbocycles. The molecule has 0 saturated carbocycles. The van der Waals surface area contributed by atoms with Gasteiger partial charge in [0.15, 0.2) is 0 Å². The van der Waals surface area contributed by atoms with E-state index in [0.717, 1.165) is 11.3 Å². The Kier molecular flexibility index (Phi) is 8.22. The van der Waals surface area contributed by atoms with E-state index in [1.54, 1.807) is 36.0 Å². The Morgan fingerprint density at radius 2 is 2.12 bits per heavy atom. The Morgan fingerprint density at radius 3 is 2.81 bits per heavy atom. The highest BCUT2D eigenvalue weighted by Gasteiger charge is 2.16. The summed E-state index contributed by atoms with van der Waals surface area (Å²) < 4.78 is 19.4. The van der Waals surface area contributed by atoms with Crippen molar-refractivity contribution < 1.29 is 19.0 Å². The van der Waals surface area contributed by atoms with Crippen LogP contribution in [0, 0.1) is 5.82 Å². The second kappa shape index (κ2) is 10.4. The molecule has 0 aliphatic carbocycles. The van der Waals surface area contributed by atoms with Gasteiger partial charge in [-0.1, -0.05) is 29.8 Å². The standard InChI is InChI=1S/C19H21ClFNO3S/c1-26-9-8-18(19(23)24)22-11-13-4-2-5-14(10-13)25-12-15-16(20)6-3-7-17(15)21/h2-7,10,18,22H,8-9,11-12H2,1H3,(H,23,24). The SMILES string of the molecule is CSCCC(NCc1cccc(OCc2c(F)cccc2Cl)c1)C(=O)O. The number of aliphatic carboxylic acids is 1. The molecule has 0 spiro atoms. The monoisotopic (exact) mass is 397 g/mol. The number of thioether (sulfide) groups is 1. The van der Waals surface area contributed by atoms with Crippen LogP contribution in [-0.4, -0.2) is 29.1 Å². The zero-order valence-corrected chi connectivity index (χ0v) is 15.9. The van der Waals surface area contributed by atoms with Crippen LogP contribution >= 0.6 is 23.4 Å². The molecule has 0 heterocycles. The molecule has 0 saturated heterocycles. The molecule has 0 aliphatic rings. The van der Waals surface area contributed by atoms with Crippen molar-refractivity contribution in [2.75, 3.05) is 12.0 Å². The molecule has 0 bridgehead atoms. The van der Waals surface area contributed by atoms with Gasteiger partial charge in [-0.15, -0.1) is 0 Å². The van der Waals surface area contributed by atoms with Crippen LogP contribution in [0.2, 0.25) is 5.02 Å². The lowest BCUT2D eigenvalue weighted by Gasteiger charge is -2.14. The van der Waals surface area contributed by atoms with Crippen molar-refractivity contribution in [3.63, 3.8) is 0 Å². The first-order valence-electron chi connectivity index (χ1n) is 8.11. The van der Waals surface area contributed by atoms with E-state index in [1.807, 2.05) is 18.4 Å². The van der Waals surface area contributed by atoms with E-state index in [-0.39, 0.29) is 6.61 Å². The van der Waals surface area contributed by atoms with E-state index >= 15 is 0 Å². The van der Waals surface area contributed by atoms with Gasteiger partial charge in [0, 0.05) is 12.1 Å². The molecule has 1 atom stereocenters. The molecule has 140 valence electrons. The minimum Gasteiger partial charge on any atom is -0.489 e. The molecule has 2 N–H and O–H groups in total. The molecule has 2 aromatic rings. The van der Waals surface area contributed by atoms with Gasteiger partial charge in [0.25, 0.3) is 0 Å². The van der Waals surface area contributed by atoms with Crippen molar-refractivity contribution in [2.45, 2.75) is 25.6 Å². The maximum absolute atomic E-state index is 13.8. The Bertz CT molecular complexity index is 724. The van der Waals surface area contributed by atoms with E-state index in [2.05, 4.69) is 5.32 Å². The predicted octanol–water partition coefficient (Wildman–Crippen LogP) is 4.35. The van der Waals surface area contributed by atoms with Crippen LogP contribution in [0.4, 0.5) is 4.39 Å². The van der Waals surface area contributed by atoms with Crippen LogP contribution < -0.4 is 10.1 Å². The van der Waals surface area contributed by atoms with Gasteiger partial charge < -0.3 is 15.2 Å². The van der Waals surface area contributed by atoms with Crippen molar-refractivity contribution >= 4 is 29.3 Å². The van der Waals surface area contributed by atoms with Gasteiger partial charge in [-0.2, -0.15) is 11.8 Å². The summed E-state index contributed by atoms with van der Waals surface area (Å²) in [5.74, 6) is 0.0740. The summed E-state index contributed by atoms with van der Waals surface area (Å²) in [6.45, 7) is 0.427. The van der Waals surface area contributed by atoms with Crippen LogP contribution in [0.5, 0.6) is 5.75 Å². The molecule has 0 aromatic heterocycles. The van der Waals surface area contributed by atoms with E-state index in [1.165, 1.54) is 6.07 Å². The number of carbonyl (C=O) groups is 1. The fourth-order valence-electron chi connectivity index (χ4n) is 2.36. The van der Waals surface area contributed by atoms with Crippen LogP contribution in [0.15, 0.2) is 42.5 Å². The van der Waals surface area contributed by atoms with Gasteiger partial charge in [0.1, 0.15) is 24.2 Å². The molecular weight excluding hydrogens is 377 g/mol. The summed E-state index contributed by atoms with van der Waals surface area (Å²) in [5.41, 5.74) is 1.19. The fraction of sp³-hybridized carbons (Fsp3) is 0.316. The number of nitrogens with one attached hydrogen (secondary N) is 1. The quantitative estimate of drug-likeness (QED) is 0.624. The molecule has 26 heavy (non-hydrogen) atoms. The molecular formula is C19H21ClFNO3S. The molecule has 1 unspecified atom stereocenters. The summed E-state index contributed by atoms with van der Waals surface area (Å²) in [6, 6.07) is 11.2. The number of carboxylic acid groups (broad SMARTS) is 1. The first-order valence-corrected chi connectivity index (χ1v) is 9.88. The third-order valence-corrected chi connectivity index (χ3v) is 4.80. The van der Waals surface area contributed by atoms with E-state index in [0.29, 0.717) is 29.3 Å². The number of benzene rings is 2. The normalized spacial score (nSPS) is 12.0. The zero-order valence-electron chi connectivity index (χ0n) is 14.4. The van der Waals surface area contributed by atoms with E-state index in [9.17, 15) is 14.3 Å². The first-order chi connectivity index (χ1) is 12.5. The van der Waals surface area contributed by atoms with Crippen LogP contribution in [0.3, 0.4) is 0 Å². The number of halogens is 2. The van der Waals surface area contributed by atoms with Crippen molar-refractivity contribution in [3.8, 4) is 5.75 Å². The predicted molar refractivity (Wildman–Crippen MR) is 103 cm³/mol.